The second kappa shape index (κ2) is 8.57. The molecule has 1 heterocycles. The highest BCUT2D eigenvalue weighted by Gasteiger charge is 2.11. The van der Waals surface area contributed by atoms with Crippen LogP contribution in [0.2, 0.25) is 0 Å². The van der Waals surface area contributed by atoms with Gasteiger partial charge in [0.2, 0.25) is 0 Å². The molecular formula is C23H26N2O2S. The summed E-state index contributed by atoms with van der Waals surface area (Å²) in [6, 6.07) is 12.4. The van der Waals surface area contributed by atoms with Gasteiger partial charge in [0.25, 0.3) is 5.91 Å². The zero-order valence-electron chi connectivity index (χ0n) is 17.0. The molecule has 146 valence electrons. The Kier molecular flexibility index (Phi) is 6.15. The average molecular weight is 395 g/mol. The van der Waals surface area contributed by atoms with E-state index in [1.54, 1.807) is 0 Å². The molecule has 1 N–H and O–H groups in total. The SMILES string of the molecule is Cc1ccc(-c2csc(NC(=O)COc3cc(C(C)C)ccc3C)n2)cc1C. The van der Waals surface area contributed by atoms with Crippen LogP contribution in [0.1, 0.15) is 42.0 Å². The van der Waals surface area contributed by atoms with Crippen LogP contribution < -0.4 is 10.1 Å². The van der Waals surface area contributed by atoms with Gasteiger partial charge in [0.15, 0.2) is 11.7 Å². The number of carbonyl (C=O) groups is 1. The molecule has 0 atom stereocenters. The highest BCUT2D eigenvalue weighted by Crippen LogP contribution is 2.27. The van der Waals surface area contributed by atoms with E-state index in [0.29, 0.717) is 11.0 Å². The van der Waals surface area contributed by atoms with Crippen molar-refractivity contribution < 1.29 is 9.53 Å². The average Bonchev–Trinajstić information content (AvgIpc) is 3.11. The first kappa shape index (κ1) is 20.1. The van der Waals surface area contributed by atoms with Crippen molar-refractivity contribution in [2.45, 2.75) is 40.5 Å². The molecule has 0 saturated heterocycles. The molecule has 1 aromatic heterocycles. The number of benzene rings is 2. The largest absolute Gasteiger partial charge is 0.483 e. The predicted molar refractivity (Wildman–Crippen MR) is 116 cm³/mol. The lowest BCUT2D eigenvalue weighted by molar-refractivity contribution is -0.118. The van der Waals surface area contributed by atoms with E-state index in [-0.39, 0.29) is 12.5 Å². The summed E-state index contributed by atoms with van der Waals surface area (Å²) < 4.78 is 5.75. The highest BCUT2D eigenvalue weighted by molar-refractivity contribution is 7.14. The number of aryl methyl sites for hydroxylation is 3. The Morgan fingerprint density at radius 1 is 1.07 bits per heavy atom. The van der Waals surface area contributed by atoms with Gasteiger partial charge in [-0.25, -0.2) is 4.98 Å². The fourth-order valence-corrected chi connectivity index (χ4v) is 3.53. The molecule has 0 unspecified atom stereocenters. The molecule has 28 heavy (non-hydrogen) atoms. The van der Waals surface area contributed by atoms with Crippen molar-refractivity contribution in [2.24, 2.45) is 0 Å². The van der Waals surface area contributed by atoms with Gasteiger partial charge >= 0.3 is 0 Å². The smallest absolute Gasteiger partial charge is 0.264 e. The lowest BCUT2D eigenvalue weighted by atomic mass is 10.0. The molecule has 2 aromatic carbocycles. The molecule has 5 heteroatoms. The maximum atomic E-state index is 12.3. The number of nitrogens with zero attached hydrogens (tertiary/aromatic N) is 1. The van der Waals surface area contributed by atoms with Crippen LogP contribution in [-0.2, 0) is 4.79 Å². The fraction of sp³-hybridized carbons (Fsp3) is 0.304. The molecule has 4 nitrogen and oxygen atoms in total. The first-order valence-electron chi connectivity index (χ1n) is 9.40. The third-order valence-electron chi connectivity index (χ3n) is 4.79. The number of rotatable bonds is 6. The number of hydrogen-bond donors (Lipinski definition) is 1. The number of ether oxygens (including phenoxy) is 1. The van der Waals surface area contributed by atoms with Gasteiger partial charge in [-0.2, -0.15) is 0 Å². The number of nitrogens with one attached hydrogen (secondary N) is 1. The first-order chi connectivity index (χ1) is 13.3. The van der Waals surface area contributed by atoms with E-state index in [2.05, 4.69) is 62.3 Å². The van der Waals surface area contributed by atoms with E-state index in [9.17, 15) is 4.79 Å². The molecular weight excluding hydrogens is 368 g/mol. The first-order valence-corrected chi connectivity index (χ1v) is 10.3. The number of thiazole rings is 1. The van der Waals surface area contributed by atoms with Crippen LogP contribution in [0, 0.1) is 20.8 Å². The lowest BCUT2D eigenvalue weighted by Crippen LogP contribution is -2.20. The van der Waals surface area contributed by atoms with Gasteiger partial charge in [-0.15, -0.1) is 11.3 Å². The number of carbonyl (C=O) groups excluding carboxylic acids is 1. The van der Waals surface area contributed by atoms with Crippen LogP contribution in [0.25, 0.3) is 11.3 Å². The second-order valence-electron chi connectivity index (χ2n) is 7.35. The topological polar surface area (TPSA) is 51.2 Å². The van der Waals surface area contributed by atoms with Crippen LogP contribution in [0.3, 0.4) is 0 Å². The van der Waals surface area contributed by atoms with Crippen LogP contribution in [0.4, 0.5) is 5.13 Å². The summed E-state index contributed by atoms with van der Waals surface area (Å²) in [5.41, 5.74) is 6.61. The Labute approximate surface area is 170 Å². The molecule has 3 aromatic rings. The minimum Gasteiger partial charge on any atom is -0.483 e. The molecule has 0 aliphatic carbocycles. The van der Waals surface area contributed by atoms with Crippen molar-refractivity contribution >= 4 is 22.4 Å². The molecule has 0 spiro atoms. The summed E-state index contributed by atoms with van der Waals surface area (Å²) >= 11 is 1.42. The quantitative estimate of drug-likeness (QED) is 0.568. The van der Waals surface area contributed by atoms with Crippen LogP contribution in [0.5, 0.6) is 5.75 Å². The van der Waals surface area contributed by atoms with Gasteiger partial charge in [0.05, 0.1) is 5.69 Å². The van der Waals surface area contributed by atoms with Crippen molar-refractivity contribution in [1.82, 2.24) is 4.98 Å². The summed E-state index contributed by atoms with van der Waals surface area (Å²) in [6.07, 6.45) is 0. The normalized spacial score (nSPS) is 10.9. The number of hydrogen-bond acceptors (Lipinski definition) is 4. The summed E-state index contributed by atoms with van der Waals surface area (Å²) in [5, 5.41) is 5.36. The summed E-state index contributed by atoms with van der Waals surface area (Å²) in [6.45, 7) is 10.4. The molecule has 1 amide bonds. The Balaban J connectivity index is 1.62. The Bertz CT molecular complexity index is 992. The molecule has 0 bridgehead atoms. The summed E-state index contributed by atoms with van der Waals surface area (Å²) in [7, 11) is 0. The third kappa shape index (κ3) is 4.78. The standard InChI is InChI=1S/C23H26N2O2S/c1-14(2)18-8-7-16(4)21(11-18)27-12-22(26)25-23-24-20(13-28-23)19-9-6-15(3)17(5)10-19/h6-11,13-14H,12H2,1-5H3,(H,24,25,26). The van der Waals surface area contributed by atoms with E-state index >= 15 is 0 Å². The number of aromatic nitrogens is 1. The van der Waals surface area contributed by atoms with E-state index < -0.39 is 0 Å². The van der Waals surface area contributed by atoms with E-state index in [1.165, 1.54) is 28.0 Å². The van der Waals surface area contributed by atoms with Gasteiger partial charge < -0.3 is 4.74 Å². The summed E-state index contributed by atoms with van der Waals surface area (Å²) in [5.74, 6) is 0.947. The number of anilines is 1. The monoisotopic (exact) mass is 394 g/mol. The fourth-order valence-electron chi connectivity index (χ4n) is 2.79. The van der Waals surface area contributed by atoms with Crippen molar-refractivity contribution in [1.29, 1.82) is 0 Å². The molecule has 0 fully saturated rings. The second-order valence-corrected chi connectivity index (χ2v) is 8.21. The Morgan fingerprint density at radius 3 is 2.54 bits per heavy atom. The molecule has 0 aliphatic heterocycles. The van der Waals surface area contributed by atoms with Crippen molar-refractivity contribution in [3.63, 3.8) is 0 Å². The maximum absolute atomic E-state index is 12.3. The lowest BCUT2D eigenvalue weighted by Gasteiger charge is -2.12. The predicted octanol–water partition coefficient (Wildman–Crippen LogP) is 5.88. The van der Waals surface area contributed by atoms with E-state index in [0.717, 1.165) is 22.6 Å². The van der Waals surface area contributed by atoms with Gasteiger partial charge in [-0.05, 0) is 61.1 Å². The Hall–Kier alpha value is -2.66. The van der Waals surface area contributed by atoms with Crippen LogP contribution in [0.15, 0.2) is 41.8 Å². The zero-order valence-corrected chi connectivity index (χ0v) is 17.8. The number of amides is 1. The maximum Gasteiger partial charge on any atom is 0.264 e. The Morgan fingerprint density at radius 2 is 1.82 bits per heavy atom. The molecule has 0 radical (unpaired) electrons. The zero-order chi connectivity index (χ0) is 20.3. The minimum absolute atomic E-state index is 0.0407. The van der Waals surface area contributed by atoms with E-state index in [4.69, 9.17) is 4.74 Å². The van der Waals surface area contributed by atoms with Crippen molar-refractivity contribution in [2.75, 3.05) is 11.9 Å². The van der Waals surface area contributed by atoms with Crippen LogP contribution in [-0.4, -0.2) is 17.5 Å². The van der Waals surface area contributed by atoms with Gasteiger partial charge in [0, 0.05) is 10.9 Å². The van der Waals surface area contributed by atoms with Crippen molar-refractivity contribution in [3.8, 4) is 17.0 Å². The van der Waals surface area contributed by atoms with E-state index in [1.807, 2.05) is 24.4 Å². The van der Waals surface area contributed by atoms with Crippen molar-refractivity contribution in [3.05, 3.63) is 64.0 Å². The molecule has 3 rings (SSSR count). The third-order valence-corrected chi connectivity index (χ3v) is 5.55. The van der Waals surface area contributed by atoms with Gasteiger partial charge in [-0.1, -0.05) is 38.1 Å². The summed E-state index contributed by atoms with van der Waals surface area (Å²) in [4.78, 5) is 16.8. The van der Waals surface area contributed by atoms with Gasteiger partial charge in [-0.3, -0.25) is 10.1 Å². The highest BCUT2D eigenvalue weighted by atomic mass is 32.1. The van der Waals surface area contributed by atoms with Crippen LogP contribution >= 0.6 is 11.3 Å². The minimum atomic E-state index is -0.213. The molecule has 0 aliphatic rings. The molecule has 0 saturated carbocycles. The van der Waals surface area contributed by atoms with Gasteiger partial charge in [0.1, 0.15) is 5.75 Å².